The number of hydrogen-bond acceptors (Lipinski definition) is 3. The molecule has 0 saturated heterocycles. The van der Waals surface area contributed by atoms with Gasteiger partial charge in [0.25, 0.3) is 5.91 Å². The van der Waals surface area contributed by atoms with Crippen LogP contribution in [0.1, 0.15) is 11.1 Å². The molecule has 2 aromatic carbocycles. The third-order valence-electron chi connectivity index (χ3n) is 3.19. The molecule has 6 heteroatoms. The zero-order valence-corrected chi connectivity index (χ0v) is 16.0. The molecule has 0 aliphatic heterocycles. The number of carbonyl (C=O) groups is 1. The lowest BCUT2D eigenvalue weighted by Gasteiger charge is -2.08. The number of nitrogens with zero attached hydrogens (tertiary/aromatic N) is 1. The second kappa shape index (κ2) is 8.67. The summed E-state index contributed by atoms with van der Waals surface area (Å²) in [4.78, 5) is 11.5. The van der Waals surface area contributed by atoms with E-state index in [0.29, 0.717) is 12.4 Å². The number of hydrogen-bond donors (Lipinski definition) is 1. The van der Waals surface area contributed by atoms with Crippen LogP contribution in [-0.4, -0.2) is 13.0 Å². The SMILES string of the molecule is CNC(=O)/C(C#N)=C\c1ccc(OCc2ccc(Br)cc2Br)cc1. The van der Waals surface area contributed by atoms with Gasteiger partial charge in [-0.15, -0.1) is 0 Å². The summed E-state index contributed by atoms with van der Waals surface area (Å²) in [6, 6.07) is 15.0. The van der Waals surface area contributed by atoms with E-state index in [2.05, 4.69) is 37.2 Å². The fourth-order valence-electron chi connectivity index (χ4n) is 1.91. The topological polar surface area (TPSA) is 62.1 Å². The number of likely N-dealkylation sites (N-methyl/N-ethyl adjacent to an activating group) is 1. The molecule has 122 valence electrons. The average molecular weight is 450 g/mol. The first-order valence-corrected chi connectivity index (χ1v) is 8.62. The molecule has 0 fully saturated rings. The van der Waals surface area contributed by atoms with Crippen LogP contribution in [0, 0.1) is 11.3 Å². The minimum Gasteiger partial charge on any atom is -0.489 e. The van der Waals surface area contributed by atoms with Crippen molar-refractivity contribution in [2.75, 3.05) is 7.05 Å². The molecule has 2 aromatic rings. The lowest BCUT2D eigenvalue weighted by molar-refractivity contribution is -0.116. The number of amides is 1. The highest BCUT2D eigenvalue weighted by Crippen LogP contribution is 2.23. The maximum absolute atomic E-state index is 11.5. The third-order valence-corrected chi connectivity index (χ3v) is 4.42. The van der Waals surface area contributed by atoms with E-state index in [-0.39, 0.29) is 5.57 Å². The minimum absolute atomic E-state index is 0.0601. The predicted molar refractivity (Wildman–Crippen MR) is 100 cm³/mol. The number of benzene rings is 2. The van der Waals surface area contributed by atoms with E-state index in [1.54, 1.807) is 24.3 Å². The Morgan fingerprint density at radius 2 is 1.96 bits per heavy atom. The second-order valence-corrected chi connectivity index (χ2v) is 6.61. The minimum atomic E-state index is -0.405. The molecule has 1 N–H and O–H groups in total. The van der Waals surface area contributed by atoms with E-state index in [4.69, 9.17) is 10.00 Å². The molecule has 0 aliphatic rings. The normalized spacial score (nSPS) is 10.8. The van der Waals surface area contributed by atoms with Gasteiger partial charge in [0, 0.05) is 21.6 Å². The Labute approximate surface area is 157 Å². The third kappa shape index (κ3) is 4.95. The van der Waals surface area contributed by atoms with Gasteiger partial charge in [0.15, 0.2) is 0 Å². The van der Waals surface area contributed by atoms with Crippen molar-refractivity contribution in [1.29, 1.82) is 5.26 Å². The van der Waals surface area contributed by atoms with Gasteiger partial charge in [-0.1, -0.05) is 50.1 Å². The molecular weight excluding hydrogens is 436 g/mol. The van der Waals surface area contributed by atoms with Crippen LogP contribution < -0.4 is 10.1 Å². The van der Waals surface area contributed by atoms with Crippen molar-refractivity contribution in [3.8, 4) is 11.8 Å². The Morgan fingerprint density at radius 3 is 2.54 bits per heavy atom. The van der Waals surface area contributed by atoms with E-state index in [0.717, 1.165) is 20.1 Å². The van der Waals surface area contributed by atoms with Crippen molar-refractivity contribution in [1.82, 2.24) is 5.32 Å². The maximum atomic E-state index is 11.5. The van der Waals surface area contributed by atoms with Crippen LogP contribution in [0.2, 0.25) is 0 Å². The smallest absolute Gasteiger partial charge is 0.261 e. The van der Waals surface area contributed by atoms with Gasteiger partial charge in [-0.05, 0) is 35.9 Å². The summed E-state index contributed by atoms with van der Waals surface area (Å²) in [5.41, 5.74) is 1.85. The molecule has 0 saturated carbocycles. The highest BCUT2D eigenvalue weighted by molar-refractivity contribution is 9.11. The zero-order chi connectivity index (χ0) is 17.5. The molecule has 0 spiro atoms. The van der Waals surface area contributed by atoms with Crippen molar-refractivity contribution in [3.05, 3.63) is 68.1 Å². The number of ether oxygens (including phenoxy) is 1. The fourth-order valence-corrected chi connectivity index (χ4v) is 3.07. The van der Waals surface area contributed by atoms with E-state index in [9.17, 15) is 4.79 Å². The van der Waals surface area contributed by atoms with Crippen molar-refractivity contribution in [3.63, 3.8) is 0 Å². The van der Waals surface area contributed by atoms with Crippen LogP contribution >= 0.6 is 31.9 Å². The molecule has 0 aliphatic carbocycles. The van der Waals surface area contributed by atoms with Crippen molar-refractivity contribution < 1.29 is 9.53 Å². The molecule has 2 rings (SSSR count). The van der Waals surface area contributed by atoms with Gasteiger partial charge in [-0.3, -0.25) is 4.79 Å². The lowest BCUT2D eigenvalue weighted by Crippen LogP contribution is -2.19. The molecule has 0 unspecified atom stereocenters. The Morgan fingerprint density at radius 1 is 1.25 bits per heavy atom. The number of halogens is 2. The average Bonchev–Trinajstić information content (AvgIpc) is 2.59. The first-order chi connectivity index (χ1) is 11.5. The number of nitriles is 1. The number of nitrogens with one attached hydrogen (secondary N) is 1. The molecule has 0 bridgehead atoms. The van der Waals surface area contributed by atoms with E-state index in [1.807, 2.05) is 24.3 Å². The summed E-state index contributed by atoms with van der Waals surface area (Å²) in [5.74, 6) is 0.304. The quantitative estimate of drug-likeness (QED) is 0.542. The van der Waals surface area contributed by atoms with Crippen LogP contribution in [0.4, 0.5) is 0 Å². The Balaban J connectivity index is 2.06. The molecule has 0 atom stereocenters. The Bertz CT molecular complexity index is 809. The Kier molecular flexibility index (Phi) is 6.59. The highest BCUT2D eigenvalue weighted by Gasteiger charge is 2.06. The summed E-state index contributed by atoms with van der Waals surface area (Å²) in [7, 11) is 1.49. The number of carbonyl (C=O) groups excluding carboxylic acids is 1. The summed E-state index contributed by atoms with van der Waals surface area (Å²) in [6.45, 7) is 0.435. The summed E-state index contributed by atoms with van der Waals surface area (Å²) in [5, 5.41) is 11.4. The maximum Gasteiger partial charge on any atom is 0.261 e. The van der Waals surface area contributed by atoms with E-state index in [1.165, 1.54) is 13.1 Å². The van der Waals surface area contributed by atoms with E-state index >= 15 is 0 Å². The fraction of sp³-hybridized carbons (Fsp3) is 0.111. The van der Waals surface area contributed by atoms with Gasteiger partial charge in [0.2, 0.25) is 0 Å². The van der Waals surface area contributed by atoms with Crippen LogP contribution in [-0.2, 0) is 11.4 Å². The van der Waals surface area contributed by atoms with Crippen LogP contribution in [0.3, 0.4) is 0 Å². The monoisotopic (exact) mass is 448 g/mol. The second-order valence-electron chi connectivity index (χ2n) is 4.84. The van der Waals surface area contributed by atoms with Crippen molar-refractivity contribution >= 4 is 43.8 Å². The molecule has 4 nitrogen and oxygen atoms in total. The summed E-state index contributed by atoms with van der Waals surface area (Å²) in [6.07, 6.45) is 1.54. The molecule has 1 amide bonds. The molecule has 24 heavy (non-hydrogen) atoms. The molecule has 0 heterocycles. The summed E-state index contributed by atoms with van der Waals surface area (Å²) >= 11 is 6.91. The van der Waals surface area contributed by atoms with Gasteiger partial charge >= 0.3 is 0 Å². The first kappa shape index (κ1) is 18.2. The van der Waals surface area contributed by atoms with Crippen molar-refractivity contribution in [2.24, 2.45) is 0 Å². The lowest BCUT2D eigenvalue weighted by atomic mass is 10.1. The van der Waals surface area contributed by atoms with E-state index < -0.39 is 5.91 Å². The zero-order valence-electron chi connectivity index (χ0n) is 12.8. The van der Waals surface area contributed by atoms with Crippen molar-refractivity contribution in [2.45, 2.75) is 6.61 Å². The Hall–Kier alpha value is -2.10. The largest absolute Gasteiger partial charge is 0.489 e. The number of rotatable bonds is 5. The van der Waals surface area contributed by atoms with Gasteiger partial charge in [-0.25, -0.2) is 0 Å². The molecule has 0 aromatic heterocycles. The van der Waals surface area contributed by atoms with Gasteiger partial charge in [0.1, 0.15) is 24.0 Å². The van der Waals surface area contributed by atoms with Crippen LogP contribution in [0.25, 0.3) is 6.08 Å². The molecular formula is C18H14Br2N2O2. The predicted octanol–water partition coefficient (Wildman–Crippen LogP) is 4.44. The van der Waals surface area contributed by atoms with Gasteiger partial charge < -0.3 is 10.1 Å². The highest BCUT2D eigenvalue weighted by atomic mass is 79.9. The van der Waals surface area contributed by atoms with Crippen LogP contribution in [0.5, 0.6) is 5.75 Å². The standard InChI is InChI=1S/C18H14Br2N2O2/c1-22-18(23)14(10-21)8-12-2-6-16(7-3-12)24-11-13-4-5-15(19)9-17(13)20/h2-9H,11H2,1H3,(H,22,23)/b14-8-. The molecule has 0 radical (unpaired) electrons. The van der Waals surface area contributed by atoms with Gasteiger partial charge in [-0.2, -0.15) is 5.26 Å². The van der Waals surface area contributed by atoms with Crippen LogP contribution in [0.15, 0.2) is 57.0 Å². The summed E-state index contributed by atoms with van der Waals surface area (Å²) < 4.78 is 7.73. The van der Waals surface area contributed by atoms with Gasteiger partial charge in [0.05, 0.1) is 0 Å². The first-order valence-electron chi connectivity index (χ1n) is 7.04.